The Kier molecular flexibility index (Phi) is 7.01. The quantitative estimate of drug-likeness (QED) is 0.539. The molecule has 4 rings (SSSR count). The molecule has 0 spiro atoms. The maximum atomic E-state index is 12.8. The van der Waals surface area contributed by atoms with Gasteiger partial charge in [0.1, 0.15) is 5.37 Å². The summed E-state index contributed by atoms with van der Waals surface area (Å²) in [5.41, 5.74) is 4.10. The van der Waals surface area contributed by atoms with E-state index < -0.39 is 0 Å². The van der Waals surface area contributed by atoms with Gasteiger partial charge in [0.2, 0.25) is 11.8 Å². The first-order valence-corrected chi connectivity index (χ1v) is 12.5. The molecule has 164 valence electrons. The van der Waals surface area contributed by atoms with Crippen LogP contribution in [-0.4, -0.2) is 17.6 Å². The first-order valence-electron chi connectivity index (χ1n) is 11.5. The average Bonchev–Trinajstić information content (AvgIpc) is 3.42. The van der Waals surface area contributed by atoms with Crippen LogP contribution in [0.5, 0.6) is 0 Å². The minimum absolute atomic E-state index is 0.0421. The van der Waals surface area contributed by atoms with E-state index in [0.29, 0.717) is 18.1 Å². The number of amides is 2. The van der Waals surface area contributed by atoms with E-state index in [1.54, 1.807) is 11.8 Å². The van der Waals surface area contributed by atoms with Crippen LogP contribution >= 0.6 is 11.8 Å². The molecular weight excluding hydrogens is 404 g/mol. The van der Waals surface area contributed by atoms with Gasteiger partial charge in [-0.15, -0.1) is 11.8 Å². The molecule has 0 aromatic heterocycles. The van der Waals surface area contributed by atoms with Gasteiger partial charge in [-0.05, 0) is 47.6 Å². The van der Waals surface area contributed by atoms with Gasteiger partial charge in [-0.2, -0.15) is 0 Å². The molecular formula is C26H32N2O2S. The highest BCUT2D eigenvalue weighted by atomic mass is 32.2. The van der Waals surface area contributed by atoms with Crippen LogP contribution in [0.15, 0.2) is 48.5 Å². The Morgan fingerprint density at radius 1 is 1.10 bits per heavy atom. The number of rotatable bonds is 7. The Labute approximate surface area is 189 Å². The molecule has 0 unspecified atom stereocenters. The maximum Gasteiger partial charge on any atom is 0.238 e. The number of nitrogens with one attached hydrogen (secondary N) is 1. The van der Waals surface area contributed by atoms with Crippen molar-refractivity contribution in [2.45, 2.75) is 63.7 Å². The van der Waals surface area contributed by atoms with Gasteiger partial charge >= 0.3 is 0 Å². The Bertz CT molecular complexity index is 919. The number of carbonyl (C=O) groups is 2. The van der Waals surface area contributed by atoms with Gasteiger partial charge in [0.25, 0.3) is 0 Å². The van der Waals surface area contributed by atoms with Gasteiger partial charge in [0, 0.05) is 17.8 Å². The molecule has 4 nitrogen and oxygen atoms in total. The first kappa shape index (κ1) is 21.9. The summed E-state index contributed by atoms with van der Waals surface area (Å²) < 4.78 is 0. The van der Waals surface area contributed by atoms with Crippen LogP contribution in [0.3, 0.4) is 0 Å². The van der Waals surface area contributed by atoms with Gasteiger partial charge in [0.15, 0.2) is 0 Å². The smallest absolute Gasteiger partial charge is 0.238 e. The van der Waals surface area contributed by atoms with Crippen LogP contribution < -0.4 is 10.2 Å². The zero-order valence-electron chi connectivity index (χ0n) is 18.5. The van der Waals surface area contributed by atoms with Crippen molar-refractivity contribution < 1.29 is 9.59 Å². The zero-order valence-corrected chi connectivity index (χ0v) is 19.3. The van der Waals surface area contributed by atoms with Crippen molar-refractivity contribution in [1.29, 1.82) is 0 Å². The van der Waals surface area contributed by atoms with E-state index in [1.165, 1.54) is 31.2 Å². The summed E-state index contributed by atoms with van der Waals surface area (Å²) in [4.78, 5) is 27.0. The third kappa shape index (κ3) is 5.15. The fraction of sp³-hybridized carbons (Fsp3) is 0.462. The minimum atomic E-state index is -0.0421. The van der Waals surface area contributed by atoms with Crippen molar-refractivity contribution in [2.24, 2.45) is 5.92 Å². The van der Waals surface area contributed by atoms with E-state index in [0.717, 1.165) is 29.3 Å². The average molecular weight is 437 g/mol. The second kappa shape index (κ2) is 9.90. The maximum absolute atomic E-state index is 12.8. The summed E-state index contributed by atoms with van der Waals surface area (Å²) in [7, 11) is 0. The van der Waals surface area contributed by atoms with E-state index in [2.05, 4.69) is 25.2 Å². The Morgan fingerprint density at radius 3 is 2.52 bits per heavy atom. The number of carbonyl (C=O) groups excluding carboxylic acids is 2. The van der Waals surface area contributed by atoms with Gasteiger partial charge in [-0.3, -0.25) is 14.5 Å². The lowest BCUT2D eigenvalue weighted by atomic mass is 10.00. The minimum Gasteiger partial charge on any atom is -0.326 e. The third-order valence-electron chi connectivity index (χ3n) is 6.42. The van der Waals surface area contributed by atoms with Crippen LogP contribution in [-0.2, 0) is 9.59 Å². The van der Waals surface area contributed by atoms with E-state index >= 15 is 0 Å². The molecule has 2 fully saturated rings. The summed E-state index contributed by atoms with van der Waals surface area (Å²) in [6.45, 7) is 4.32. The molecule has 1 saturated carbocycles. The summed E-state index contributed by atoms with van der Waals surface area (Å²) in [5.74, 6) is 1.79. The lowest BCUT2D eigenvalue weighted by Crippen LogP contribution is -2.29. The topological polar surface area (TPSA) is 49.4 Å². The van der Waals surface area contributed by atoms with Crippen molar-refractivity contribution in [3.8, 4) is 0 Å². The molecule has 1 heterocycles. The first-order chi connectivity index (χ1) is 15.0. The molecule has 0 bridgehead atoms. The van der Waals surface area contributed by atoms with Gasteiger partial charge in [0.05, 0.1) is 5.75 Å². The molecule has 1 aliphatic heterocycles. The molecule has 5 heteroatoms. The van der Waals surface area contributed by atoms with Crippen LogP contribution in [0.2, 0.25) is 0 Å². The summed E-state index contributed by atoms with van der Waals surface area (Å²) in [6.07, 6.45) is 6.77. The molecule has 2 aromatic carbocycles. The van der Waals surface area contributed by atoms with Crippen molar-refractivity contribution in [3.05, 3.63) is 59.7 Å². The SMILES string of the molecule is CC(C)c1ccccc1N1C(=O)CS[C@@H]1c1ccc(NC(=O)CCC2CCCC2)cc1. The highest BCUT2D eigenvalue weighted by Gasteiger charge is 2.35. The summed E-state index contributed by atoms with van der Waals surface area (Å²) in [6, 6.07) is 16.2. The summed E-state index contributed by atoms with van der Waals surface area (Å²) in [5, 5.41) is 2.99. The second-order valence-electron chi connectivity index (χ2n) is 9.00. The third-order valence-corrected chi connectivity index (χ3v) is 7.63. The molecule has 1 atom stereocenters. The molecule has 2 aromatic rings. The second-order valence-corrected chi connectivity index (χ2v) is 10.1. The molecule has 1 aliphatic carbocycles. The fourth-order valence-electron chi connectivity index (χ4n) is 4.72. The van der Waals surface area contributed by atoms with Crippen molar-refractivity contribution in [3.63, 3.8) is 0 Å². The monoisotopic (exact) mass is 436 g/mol. The van der Waals surface area contributed by atoms with Gasteiger partial charge < -0.3 is 5.32 Å². The normalized spacial score (nSPS) is 19.4. The molecule has 2 amide bonds. The van der Waals surface area contributed by atoms with Gasteiger partial charge in [-0.25, -0.2) is 0 Å². The number of benzene rings is 2. The van der Waals surface area contributed by atoms with Gasteiger partial charge in [-0.1, -0.05) is 69.9 Å². The number of para-hydroxylation sites is 1. The van der Waals surface area contributed by atoms with Crippen LogP contribution in [0.4, 0.5) is 11.4 Å². The van der Waals surface area contributed by atoms with E-state index in [9.17, 15) is 9.59 Å². The van der Waals surface area contributed by atoms with Crippen LogP contribution in [0, 0.1) is 5.92 Å². The highest BCUT2D eigenvalue weighted by Crippen LogP contribution is 2.44. The predicted molar refractivity (Wildman–Crippen MR) is 129 cm³/mol. The largest absolute Gasteiger partial charge is 0.326 e. The van der Waals surface area contributed by atoms with Crippen molar-refractivity contribution >= 4 is 35.0 Å². The van der Waals surface area contributed by atoms with Crippen molar-refractivity contribution in [1.82, 2.24) is 0 Å². The number of thioether (sulfide) groups is 1. The van der Waals surface area contributed by atoms with E-state index in [-0.39, 0.29) is 17.2 Å². The molecule has 31 heavy (non-hydrogen) atoms. The Morgan fingerprint density at radius 2 is 1.81 bits per heavy atom. The number of nitrogens with zero attached hydrogens (tertiary/aromatic N) is 1. The number of hydrogen-bond donors (Lipinski definition) is 1. The Hall–Kier alpha value is -2.27. The lowest BCUT2D eigenvalue weighted by Gasteiger charge is -2.27. The standard InChI is InChI=1S/C26H32N2O2S/c1-18(2)22-9-5-6-10-23(22)28-25(30)17-31-26(28)20-12-14-21(15-13-20)27-24(29)16-11-19-7-3-4-8-19/h5-6,9-10,12-15,18-19,26H,3-4,7-8,11,16-17H2,1-2H3,(H,27,29)/t26-/m1/s1. The lowest BCUT2D eigenvalue weighted by molar-refractivity contribution is -0.117. The molecule has 0 radical (unpaired) electrons. The predicted octanol–water partition coefficient (Wildman–Crippen LogP) is 6.50. The van der Waals surface area contributed by atoms with E-state index in [4.69, 9.17) is 0 Å². The Balaban J connectivity index is 1.44. The molecule has 1 saturated heterocycles. The fourth-order valence-corrected chi connectivity index (χ4v) is 5.88. The van der Waals surface area contributed by atoms with E-state index in [1.807, 2.05) is 47.4 Å². The van der Waals surface area contributed by atoms with Crippen LogP contribution in [0.25, 0.3) is 0 Å². The summed E-state index contributed by atoms with van der Waals surface area (Å²) >= 11 is 1.66. The highest BCUT2D eigenvalue weighted by molar-refractivity contribution is 8.00. The molecule has 2 aliphatic rings. The van der Waals surface area contributed by atoms with Crippen molar-refractivity contribution in [2.75, 3.05) is 16.0 Å². The van der Waals surface area contributed by atoms with Crippen LogP contribution in [0.1, 0.15) is 74.8 Å². The number of hydrogen-bond acceptors (Lipinski definition) is 3. The molecule has 1 N–H and O–H groups in total. The zero-order chi connectivity index (χ0) is 21.8. The number of anilines is 2.